The van der Waals surface area contributed by atoms with Crippen LogP contribution in [0.5, 0.6) is 0 Å². The van der Waals surface area contributed by atoms with Gasteiger partial charge in [0.2, 0.25) is 0 Å². The smallest absolute Gasteiger partial charge is 0.159 e. The zero-order chi connectivity index (χ0) is 13.0. The number of halogens is 1. The number of rotatable bonds is 2. The van der Waals surface area contributed by atoms with Gasteiger partial charge in [-0.1, -0.05) is 25.6 Å². The van der Waals surface area contributed by atoms with Gasteiger partial charge in [-0.15, -0.1) is 24.0 Å². The predicted molar refractivity (Wildman–Crippen MR) is 93.3 cm³/mol. The lowest BCUT2D eigenvalue weighted by molar-refractivity contribution is 0.216. The number of nitrogens with zero attached hydrogens (tertiary/aromatic N) is 2. The van der Waals surface area contributed by atoms with Gasteiger partial charge in [-0.05, 0) is 36.6 Å². The molecule has 1 aromatic heterocycles. The summed E-state index contributed by atoms with van der Waals surface area (Å²) in [6.45, 7) is 7.55. The SMILES string of the molecule is CSC(=NCc1ccco1)N1CC(C)CC(C)C1.I. The highest BCUT2D eigenvalue weighted by molar-refractivity contribution is 14.0. The molecule has 0 bridgehead atoms. The zero-order valence-electron chi connectivity index (χ0n) is 11.8. The van der Waals surface area contributed by atoms with Crippen molar-refractivity contribution in [2.75, 3.05) is 19.3 Å². The number of likely N-dealkylation sites (tertiary alicyclic amines) is 1. The van der Waals surface area contributed by atoms with Crippen LogP contribution in [0.3, 0.4) is 0 Å². The molecule has 19 heavy (non-hydrogen) atoms. The fourth-order valence-corrected chi connectivity index (χ4v) is 3.26. The van der Waals surface area contributed by atoms with Crippen LogP contribution in [0.4, 0.5) is 0 Å². The molecular weight excluding hydrogens is 371 g/mol. The molecule has 2 atom stereocenters. The molecule has 0 radical (unpaired) electrons. The predicted octanol–water partition coefficient (Wildman–Crippen LogP) is 4.09. The van der Waals surface area contributed by atoms with E-state index in [4.69, 9.17) is 4.42 Å². The minimum absolute atomic E-state index is 0. The van der Waals surface area contributed by atoms with Crippen molar-refractivity contribution >= 4 is 40.9 Å². The zero-order valence-corrected chi connectivity index (χ0v) is 15.0. The lowest BCUT2D eigenvalue weighted by atomic mass is 9.92. The van der Waals surface area contributed by atoms with E-state index >= 15 is 0 Å². The van der Waals surface area contributed by atoms with E-state index in [0.29, 0.717) is 6.54 Å². The molecule has 0 N–H and O–H groups in total. The summed E-state index contributed by atoms with van der Waals surface area (Å²) in [5.74, 6) is 2.45. The molecule has 108 valence electrons. The molecule has 0 aromatic carbocycles. The van der Waals surface area contributed by atoms with E-state index in [1.807, 2.05) is 12.1 Å². The third kappa shape index (κ3) is 5.02. The Morgan fingerprint density at radius 3 is 2.63 bits per heavy atom. The number of hydrogen-bond acceptors (Lipinski definition) is 3. The molecule has 1 fully saturated rings. The minimum atomic E-state index is 0. The Balaban J connectivity index is 0.00000180. The van der Waals surface area contributed by atoms with E-state index in [9.17, 15) is 0 Å². The molecule has 5 heteroatoms. The molecule has 0 aliphatic carbocycles. The average Bonchev–Trinajstić information content (AvgIpc) is 2.81. The van der Waals surface area contributed by atoms with Crippen LogP contribution in [0.15, 0.2) is 27.8 Å². The monoisotopic (exact) mass is 394 g/mol. The van der Waals surface area contributed by atoms with E-state index in [-0.39, 0.29) is 24.0 Å². The summed E-state index contributed by atoms with van der Waals surface area (Å²) in [5.41, 5.74) is 0. The van der Waals surface area contributed by atoms with Crippen molar-refractivity contribution in [2.45, 2.75) is 26.8 Å². The Kier molecular flexibility index (Phi) is 7.28. The molecule has 2 unspecified atom stereocenters. The maximum Gasteiger partial charge on any atom is 0.159 e. The summed E-state index contributed by atoms with van der Waals surface area (Å²) in [5, 5.41) is 1.14. The first-order chi connectivity index (χ1) is 8.69. The van der Waals surface area contributed by atoms with Crippen molar-refractivity contribution in [1.82, 2.24) is 4.90 Å². The molecule has 1 aromatic rings. The number of aliphatic imine (C=N–C) groups is 1. The van der Waals surface area contributed by atoms with Crippen LogP contribution >= 0.6 is 35.7 Å². The summed E-state index contributed by atoms with van der Waals surface area (Å²) in [6.07, 6.45) is 5.13. The normalized spacial score (nSPS) is 24.2. The highest BCUT2D eigenvalue weighted by Crippen LogP contribution is 2.23. The summed E-state index contributed by atoms with van der Waals surface area (Å²) in [6, 6.07) is 3.89. The van der Waals surface area contributed by atoms with Crippen LogP contribution in [0.25, 0.3) is 0 Å². The van der Waals surface area contributed by atoms with E-state index < -0.39 is 0 Å². The van der Waals surface area contributed by atoms with Crippen molar-refractivity contribution in [1.29, 1.82) is 0 Å². The fourth-order valence-electron chi connectivity index (χ4n) is 2.66. The van der Waals surface area contributed by atoms with E-state index in [1.165, 1.54) is 6.42 Å². The number of piperidine rings is 1. The molecular formula is C14H23IN2OS. The van der Waals surface area contributed by atoms with Gasteiger partial charge in [0.15, 0.2) is 5.17 Å². The molecule has 1 aliphatic rings. The van der Waals surface area contributed by atoms with Gasteiger partial charge in [0, 0.05) is 13.1 Å². The summed E-state index contributed by atoms with van der Waals surface area (Å²) < 4.78 is 5.32. The molecule has 2 heterocycles. The molecule has 2 rings (SSSR count). The maximum absolute atomic E-state index is 5.32. The standard InChI is InChI=1S/C14H22N2OS.HI/c1-11-7-12(2)10-16(9-11)14(18-3)15-8-13-5-4-6-17-13;/h4-6,11-12H,7-10H2,1-3H3;1H. The third-order valence-electron chi connectivity index (χ3n) is 3.27. The first kappa shape index (κ1) is 16.9. The van der Waals surface area contributed by atoms with Gasteiger partial charge in [-0.3, -0.25) is 4.99 Å². The fraction of sp³-hybridized carbons (Fsp3) is 0.643. The van der Waals surface area contributed by atoms with Gasteiger partial charge in [0.25, 0.3) is 0 Å². The van der Waals surface area contributed by atoms with Crippen molar-refractivity contribution < 1.29 is 4.42 Å². The maximum atomic E-state index is 5.32. The first-order valence-electron chi connectivity index (χ1n) is 6.54. The minimum Gasteiger partial charge on any atom is -0.467 e. The highest BCUT2D eigenvalue weighted by Gasteiger charge is 2.23. The van der Waals surface area contributed by atoms with Crippen molar-refractivity contribution in [2.24, 2.45) is 16.8 Å². The number of thioether (sulfide) groups is 1. The van der Waals surface area contributed by atoms with E-state index in [2.05, 4.69) is 30.0 Å². The number of amidine groups is 1. The van der Waals surface area contributed by atoms with Crippen molar-refractivity contribution in [3.8, 4) is 0 Å². The van der Waals surface area contributed by atoms with Crippen LogP contribution in [0.2, 0.25) is 0 Å². The molecule has 1 saturated heterocycles. The van der Waals surface area contributed by atoms with Gasteiger partial charge >= 0.3 is 0 Å². The second kappa shape index (κ2) is 8.19. The number of furan rings is 1. The van der Waals surface area contributed by atoms with Gasteiger partial charge in [-0.25, -0.2) is 0 Å². The van der Waals surface area contributed by atoms with Gasteiger partial charge < -0.3 is 9.32 Å². The first-order valence-corrected chi connectivity index (χ1v) is 7.77. The van der Waals surface area contributed by atoms with Gasteiger partial charge in [-0.2, -0.15) is 0 Å². The molecule has 0 amide bonds. The lowest BCUT2D eigenvalue weighted by Crippen LogP contribution is -2.41. The lowest BCUT2D eigenvalue weighted by Gasteiger charge is -2.36. The second-order valence-electron chi connectivity index (χ2n) is 5.23. The third-order valence-corrected chi connectivity index (χ3v) is 4.02. The molecule has 3 nitrogen and oxygen atoms in total. The molecule has 1 aliphatic heterocycles. The summed E-state index contributed by atoms with van der Waals surface area (Å²) in [7, 11) is 0. The largest absolute Gasteiger partial charge is 0.467 e. The van der Waals surface area contributed by atoms with Crippen LogP contribution < -0.4 is 0 Å². The highest BCUT2D eigenvalue weighted by atomic mass is 127. The Morgan fingerprint density at radius 2 is 2.11 bits per heavy atom. The van der Waals surface area contributed by atoms with Crippen molar-refractivity contribution in [3.05, 3.63) is 24.2 Å². The molecule has 0 spiro atoms. The van der Waals surface area contributed by atoms with Gasteiger partial charge in [0.1, 0.15) is 5.76 Å². The Labute approximate surface area is 137 Å². The van der Waals surface area contributed by atoms with Crippen LogP contribution in [-0.2, 0) is 6.54 Å². The second-order valence-corrected chi connectivity index (χ2v) is 6.01. The van der Waals surface area contributed by atoms with Crippen LogP contribution in [0, 0.1) is 11.8 Å². The van der Waals surface area contributed by atoms with E-state index in [1.54, 1.807) is 18.0 Å². The molecule has 0 saturated carbocycles. The summed E-state index contributed by atoms with van der Waals surface area (Å²) >= 11 is 1.74. The quantitative estimate of drug-likeness (QED) is 0.430. The van der Waals surface area contributed by atoms with Crippen LogP contribution in [-0.4, -0.2) is 29.4 Å². The van der Waals surface area contributed by atoms with E-state index in [0.717, 1.165) is 35.9 Å². The van der Waals surface area contributed by atoms with Gasteiger partial charge in [0.05, 0.1) is 12.8 Å². The average molecular weight is 394 g/mol. The van der Waals surface area contributed by atoms with Crippen molar-refractivity contribution in [3.63, 3.8) is 0 Å². The number of hydrogen-bond donors (Lipinski definition) is 0. The Hall–Kier alpha value is -0.170. The Morgan fingerprint density at radius 1 is 1.42 bits per heavy atom. The Bertz CT molecular complexity index is 384. The van der Waals surface area contributed by atoms with Crippen LogP contribution in [0.1, 0.15) is 26.0 Å². The topological polar surface area (TPSA) is 28.7 Å². The summed E-state index contributed by atoms with van der Waals surface area (Å²) in [4.78, 5) is 7.11.